The first kappa shape index (κ1) is 17.0. The van der Waals surface area contributed by atoms with Crippen molar-refractivity contribution in [3.8, 4) is 5.75 Å². The molecule has 2 N–H and O–H groups in total. The lowest BCUT2D eigenvalue weighted by Crippen LogP contribution is -2.27. The van der Waals surface area contributed by atoms with Crippen LogP contribution in [0.1, 0.15) is 14.5 Å². The molecule has 0 atom stereocenters. The van der Waals surface area contributed by atoms with Gasteiger partial charge in [-0.3, -0.25) is 4.79 Å². The van der Waals surface area contributed by atoms with Gasteiger partial charge < -0.3 is 19.9 Å². The van der Waals surface area contributed by atoms with E-state index in [1.54, 1.807) is 6.07 Å². The van der Waals surface area contributed by atoms with Crippen molar-refractivity contribution in [1.29, 1.82) is 0 Å². The molecule has 122 valence electrons. The van der Waals surface area contributed by atoms with Crippen molar-refractivity contribution in [3.05, 3.63) is 52.2 Å². The largest absolute Gasteiger partial charge is 0.491 e. The van der Waals surface area contributed by atoms with E-state index in [9.17, 15) is 9.59 Å². The van der Waals surface area contributed by atoms with Crippen LogP contribution in [0.3, 0.4) is 0 Å². The van der Waals surface area contributed by atoms with Crippen molar-refractivity contribution >= 4 is 23.2 Å². The van der Waals surface area contributed by atoms with Gasteiger partial charge in [0.2, 0.25) is 5.91 Å². The van der Waals surface area contributed by atoms with E-state index in [0.717, 1.165) is 22.0 Å². The third kappa shape index (κ3) is 6.09. The summed E-state index contributed by atoms with van der Waals surface area (Å²) in [6.07, 6.45) is 0. The van der Waals surface area contributed by atoms with Gasteiger partial charge in [-0.2, -0.15) is 0 Å². The van der Waals surface area contributed by atoms with E-state index in [-0.39, 0.29) is 17.4 Å². The second kappa shape index (κ2) is 8.92. The van der Waals surface area contributed by atoms with E-state index in [2.05, 4.69) is 5.32 Å². The minimum Gasteiger partial charge on any atom is -0.491 e. The van der Waals surface area contributed by atoms with Crippen LogP contribution in [0.25, 0.3) is 0 Å². The molecule has 0 spiro atoms. The van der Waals surface area contributed by atoms with Crippen molar-refractivity contribution in [3.63, 3.8) is 0 Å². The molecule has 2 aromatic rings. The van der Waals surface area contributed by atoms with Crippen LogP contribution in [-0.4, -0.2) is 36.8 Å². The van der Waals surface area contributed by atoms with Crippen molar-refractivity contribution in [1.82, 2.24) is 5.32 Å². The van der Waals surface area contributed by atoms with Gasteiger partial charge in [0.15, 0.2) is 0 Å². The number of amides is 1. The smallest absolute Gasteiger partial charge is 0.345 e. The highest BCUT2D eigenvalue weighted by Crippen LogP contribution is 2.15. The maximum atomic E-state index is 11.6. The lowest BCUT2D eigenvalue weighted by atomic mass is 10.3. The Balaban J connectivity index is 1.57. The van der Waals surface area contributed by atoms with Gasteiger partial charge in [0.1, 0.15) is 23.8 Å². The van der Waals surface area contributed by atoms with E-state index in [1.807, 2.05) is 30.3 Å². The summed E-state index contributed by atoms with van der Waals surface area (Å²) in [7, 11) is 0. The molecule has 0 bridgehead atoms. The molecular weight excluding hydrogens is 318 g/mol. The summed E-state index contributed by atoms with van der Waals surface area (Å²) in [6.45, 7) is 0.907. The highest BCUT2D eigenvalue weighted by molar-refractivity contribution is 7.13. The number of carbonyl (C=O) groups excluding carboxylic acids is 1. The lowest BCUT2D eigenvalue weighted by Gasteiger charge is -2.07. The first-order valence-corrected chi connectivity index (χ1v) is 7.81. The minimum absolute atomic E-state index is 0.0602. The Morgan fingerprint density at radius 1 is 1.09 bits per heavy atom. The molecule has 0 unspecified atom stereocenters. The summed E-state index contributed by atoms with van der Waals surface area (Å²) in [5.41, 5.74) is 0. The van der Waals surface area contributed by atoms with Gasteiger partial charge in [-0.1, -0.05) is 18.2 Å². The third-order valence-corrected chi connectivity index (χ3v) is 3.88. The number of carboxylic acids is 1. The summed E-state index contributed by atoms with van der Waals surface area (Å²) < 4.78 is 10.7. The van der Waals surface area contributed by atoms with Gasteiger partial charge in [0.05, 0.1) is 13.2 Å². The number of rotatable bonds is 9. The van der Waals surface area contributed by atoms with Gasteiger partial charge in [-0.05, 0) is 24.3 Å². The number of hydrogen-bond donors (Lipinski definition) is 2. The van der Waals surface area contributed by atoms with E-state index in [1.165, 1.54) is 6.07 Å². The Morgan fingerprint density at radius 3 is 2.57 bits per heavy atom. The summed E-state index contributed by atoms with van der Waals surface area (Å²) in [4.78, 5) is 23.4. The van der Waals surface area contributed by atoms with Crippen LogP contribution in [0.2, 0.25) is 0 Å². The quantitative estimate of drug-likeness (QED) is 0.686. The van der Waals surface area contributed by atoms with Crippen LogP contribution in [0, 0.1) is 0 Å². The fourth-order valence-corrected chi connectivity index (χ4v) is 2.51. The molecule has 1 aromatic heterocycles. The highest BCUT2D eigenvalue weighted by atomic mass is 32.1. The SMILES string of the molecule is O=C(COCCOc1ccccc1)NCc1ccc(C(=O)O)s1. The number of carbonyl (C=O) groups is 2. The molecular formula is C16H17NO5S. The predicted molar refractivity (Wildman–Crippen MR) is 85.9 cm³/mol. The molecule has 7 heteroatoms. The van der Waals surface area contributed by atoms with Gasteiger partial charge >= 0.3 is 5.97 Å². The van der Waals surface area contributed by atoms with Crippen LogP contribution in [0.15, 0.2) is 42.5 Å². The molecule has 6 nitrogen and oxygen atoms in total. The molecule has 0 radical (unpaired) electrons. The Morgan fingerprint density at radius 2 is 1.87 bits per heavy atom. The van der Waals surface area contributed by atoms with Crippen LogP contribution in [-0.2, 0) is 16.1 Å². The molecule has 2 rings (SSSR count). The van der Waals surface area contributed by atoms with Gasteiger partial charge in [0, 0.05) is 4.88 Å². The molecule has 1 amide bonds. The van der Waals surface area contributed by atoms with E-state index in [4.69, 9.17) is 14.6 Å². The number of benzene rings is 1. The second-order valence-electron chi connectivity index (χ2n) is 4.56. The first-order valence-electron chi connectivity index (χ1n) is 6.99. The number of ether oxygens (including phenoxy) is 2. The Bertz CT molecular complexity index is 641. The zero-order chi connectivity index (χ0) is 16.5. The molecule has 0 aliphatic heterocycles. The number of carboxylic acid groups (broad SMARTS) is 1. The van der Waals surface area contributed by atoms with Crippen LogP contribution >= 0.6 is 11.3 Å². The maximum absolute atomic E-state index is 11.6. The number of nitrogens with one attached hydrogen (secondary N) is 1. The lowest BCUT2D eigenvalue weighted by molar-refractivity contribution is -0.126. The van der Waals surface area contributed by atoms with Crippen molar-refractivity contribution < 1.29 is 24.2 Å². The molecule has 1 heterocycles. The Hall–Kier alpha value is -2.38. The summed E-state index contributed by atoms with van der Waals surface area (Å²) in [6, 6.07) is 12.6. The van der Waals surface area contributed by atoms with Gasteiger partial charge in [0.25, 0.3) is 0 Å². The molecule has 1 aromatic carbocycles. The molecule has 23 heavy (non-hydrogen) atoms. The Labute approximate surface area is 137 Å². The molecule has 0 saturated carbocycles. The molecule has 0 aliphatic rings. The van der Waals surface area contributed by atoms with Crippen molar-refractivity contribution in [2.45, 2.75) is 6.54 Å². The number of aromatic carboxylic acids is 1. The van der Waals surface area contributed by atoms with Gasteiger partial charge in [-0.15, -0.1) is 11.3 Å². The van der Waals surface area contributed by atoms with Crippen molar-refractivity contribution in [2.24, 2.45) is 0 Å². The Kier molecular flexibility index (Phi) is 6.58. The van der Waals surface area contributed by atoms with Crippen LogP contribution < -0.4 is 10.1 Å². The second-order valence-corrected chi connectivity index (χ2v) is 5.73. The number of para-hydroxylation sites is 1. The highest BCUT2D eigenvalue weighted by Gasteiger charge is 2.08. The average molecular weight is 335 g/mol. The maximum Gasteiger partial charge on any atom is 0.345 e. The van der Waals surface area contributed by atoms with E-state index in [0.29, 0.717) is 19.8 Å². The summed E-state index contributed by atoms with van der Waals surface area (Å²) >= 11 is 1.14. The molecule has 0 saturated heterocycles. The predicted octanol–water partition coefficient (Wildman–Crippen LogP) is 2.16. The number of hydrogen-bond acceptors (Lipinski definition) is 5. The zero-order valence-corrected chi connectivity index (χ0v) is 13.2. The molecule has 0 aliphatic carbocycles. The fourth-order valence-electron chi connectivity index (χ4n) is 1.72. The first-order chi connectivity index (χ1) is 11.1. The average Bonchev–Trinajstić information content (AvgIpc) is 3.03. The van der Waals surface area contributed by atoms with Crippen molar-refractivity contribution in [2.75, 3.05) is 19.8 Å². The summed E-state index contributed by atoms with van der Waals surface area (Å²) in [5.74, 6) is -0.461. The molecule has 0 fully saturated rings. The number of thiophene rings is 1. The fraction of sp³-hybridized carbons (Fsp3) is 0.250. The van der Waals surface area contributed by atoms with E-state index >= 15 is 0 Å². The zero-order valence-electron chi connectivity index (χ0n) is 12.4. The van der Waals surface area contributed by atoms with Gasteiger partial charge in [-0.25, -0.2) is 4.79 Å². The van der Waals surface area contributed by atoms with Crippen LogP contribution in [0.5, 0.6) is 5.75 Å². The standard InChI is InChI=1S/C16H17NO5S/c18-15(17-10-13-6-7-14(23-13)16(19)20)11-21-8-9-22-12-4-2-1-3-5-12/h1-7H,8-11H2,(H,17,18)(H,19,20). The van der Waals surface area contributed by atoms with Crippen LogP contribution in [0.4, 0.5) is 0 Å². The monoisotopic (exact) mass is 335 g/mol. The van der Waals surface area contributed by atoms with E-state index < -0.39 is 5.97 Å². The minimum atomic E-state index is -0.964. The topological polar surface area (TPSA) is 84.9 Å². The normalized spacial score (nSPS) is 10.3. The third-order valence-electron chi connectivity index (χ3n) is 2.80. The summed E-state index contributed by atoms with van der Waals surface area (Å²) in [5, 5.41) is 11.5.